The number of non-ortho nitro benzene ring substituents is 1. The third-order valence-corrected chi connectivity index (χ3v) is 5.74. The predicted octanol–water partition coefficient (Wildman–Crippen LogP) is 4.03. The van der Waals surface area contributed by atoms with E-state index in [1.165, 1.54) is 35.2 Å². The van der Waals surface area contributed by atoms with Crippen molar-refractivity contribution < 1.29 is 24.4 Å². The van der Waals surface area contributed by atoms with E-state index in [0.29, 0.717) is 22.1 Å². The Morgan fingerprint density at radius 2 is 1.88 bits per heavy atom. The van der Waals surface area contributed by atoms with Gasteiger partial charge in [-0.3, -0.25) is 19.7 Å². The minimum Gasteiger partial charge on any atom is -0.478 e. The maximum absolute atomic E-state index is 12.2. The van der Waals surface area contributed by atoms with Gasteiger partial charge in [0.25, 0.3) is 5.69 Å². The molecular weight excluding hydrogens is 468 g/mol. The fraction of sp³-hybridized carbons (Fsp3) is 0.0476. The monoisotopic (exact) mass is 484 g/mol. The third-order valence-electron chi connectivity index (χ3n) is 3.97. The number of aliphatic carboxylic acids is 1. The first-order valence-corrected chi connectivity index (χ1v) is 11.1. The first kappa shape index (κ1) is 23.6. The van der Waals surface area contributed by atoms with Crippen LogP contribution in [0.15, 0.2) is 71.0 Å². The van der Waals surface area contributed by atoms with Crippen molar-refractivity contribution in [2.45, 2.75) is 4.90 Å². The molecule has 0 aliphatic rings. The molecule has 0 aliphatic carbocycles. The van der Waals surface area contributed by atoms with Crippen molar-refractivity contribution in [3.63, 3.8) is 0 Å². The van der Waals surface area contributed by atoms with Gasteiger partial charge in [-0.25, -0.2) is 9.78 Å². The lowest BCUT2D eigenvalue weighted by Crippen LogP contribution is -2.13. The number of nitrogens with one attached hydrogen (secondary N) is 2. The smallest absolute Gasteiger partial charge is 0.328 e. The summed E-state index contributed by atoms with van der Waals surface area (Å²) in [6.07, 6.45) is 1.66. The van der Waals surface area contributed by atoms with E-state index in [-0.39, 0.29) is 17.3 Å². The summed E-state index contributed by atoms with van der Waals surface area (Å²) in [5.41, 5.74) is 1.56. The number of carboxylic acids is 1. The number of nitrogens with zero attached hydrogens (tertiary/aromatic N) is 2. The highest BCUT2D eigenvalue weighted by molar-refractivity contribution is 8.00. The predicted molar refractivity (Wildman–Crippen MR) is 125 cm³/mol. The van der Waals surface area contributed by atoms with Gasteiger partial charge in [0, 0.05) is 45.8 Å². The second-order valence-electron chi connectivity index (χ2n) is 6.37. The van der Waals surface area contributed by atoms with Gasteiger partial charge in [0.05, 0.1) is 16.4 Å². The molecule has 0 aliphatic heterocycles. The Bertz CT molecular complexity index is 1220. The zero-order chi connectivity index (χ0) is 23.8. The second-order valence-corrected chi connectivity index (χ2v) is 8.27. The molecule has 0 spiro atoms. The molecule has 0 bridgehead atoms. The van der Waals surface area contributed by atoms with Gasteiger partial charge in [-0.1, -0.05) is 12.1 Å². The number of nitro benzene ring substituents is 1. The van der Waals surface area contributed by atoms with Crippen LogP contribution in [-0.4, -0.2) is 38.6 Å². The van der Waals surface area contributed by atoms with Crippen LogP contribution in [0.5, 0.6) is 0 Å². The zero-order valence-corrected chi connectivity index (χ0v) is 18.4. The molecule has 0 fully saturated rings. The normalized spacial score (nSPS) is 10.7. The Labute approximate surface area is 195 Å². The number of carboxylic acid groups (broad SMARTS) is 1. The van der Waals surface area contributed by atoms with Crippen LogP contribution in [-0.2, 0) is 14.4 Å². The van der Waals surface area contributed by atoms with Gasteiger partial charge in [0.1, 0.15) is 0 Å². The number of thiazole rings is 1. The molecule has 1 aromatic heterocycles. The Morgan fingerprint density at radius 3 is 2.58 bits per heavy atom. The largest absolute Gasteiger partial charge is 0.478 e. The fourth-order valence-electron chi connectivity index (χ4n) is 2.51. The number of nitro groups is 1. The standard InChI is InChI=1S/C21H16N4O6S2/c26-18(8-9-20(28)29)22-14-4-6-16(7-5-14)32-12-19(27)24-21-23-17(11-33-21)13-2-1-3-15(10-13)25(30)31/h1-11H,12H2,(H,22,26)(H,28,29)(H,23,24,27)/b9-8+. The van der Waals surface area contributed by atoms with E-state index in [0.717, 1.165) is 17.0 Å². The maximum atomic E-state index is 12.2. The van der Waals surface area contributed by atoms with Crippen LogP contribution in [0, 0.1) is 10.1 Å². The molecule has 12 heteroatoms. The highest BCUT2D eigenvalue weighted by Gasteiger charge is 2.12. The lowest BCUT2D eigenvalue weighted by molar-refractivity contribution is -0.384. The van der Waals surface area contributed by atoms with E-state index in [9.17, 15) is 24.5 Å². The summed E-state index contributed by atoms with van der Waals surface area (Å²) in [5, 5.41) is 26.8. The molecule has 0 unspecified atom stereocenters. The van der Waals surface area contributed by atoms with Crippen LogP contribution < -0.4 is 10.6 Å². The SMILES string of the molecule is O=C(O)/C=C/C(=O)Nc1ccc(SCC(=O)Nc2nc(-c3cccc([N+](=O)[O-])c3)cs2)cc1. The minimum atomic E-state index is -1.21. The Hall–Kier alpha value is -4.03. The summed E-state index contributed by atoms with van der Waals surface area (Å²) in [7, 11) is 0. The summed E-state index contributed by atoms with van der Waals surface area (Å²) < 4.78 is 0. The van der Waals surface area contributed by atoms with Gasteiger partial charge in [-0.15, -0.1) is 23.1 Å². The van der Waals surface area contributed by atoms with Crippen LogP contribution >= 0.6 is 23.1 Å². The summed E-state index contributed by atoms with van der Waals surface area (Å²) in [4.78, 5) is 49.8. The second kappa shape index (κ2) is 11.0. The molecule has 0 saturated heterocycles. The van der Waals surface area contributed by atoms with Crippen molar-refractivity contribution in [2.24, 2.45) is 0 Å². The van der Waals surface area contributed by atoms with E-state index in [1.54, 1.807) is 41.8 Å². The van der Waals surface area contributed by atoms with Crippen LogP contribution in [0.3, 0.4) is 0 Å². The average molecular weight is 485 g/mol. The minimum absolute atomic E-state index is 0.0372. The van der Waals surface area contributed by atoms with Gasteiger partial charge in [0.2, 0.25) is 11.8 Å². The number of aromatic nitrogens is 1. The molecule has 2 amide bonds. The van der Waals surface area contributed by atoms with Gasteiger partial charge in [-0.05, 0) is 24.3 Å². The molecular formula is C21H16N4O6S2. The first-order valence-electron chi connectivity index (χ1n) is 9.25. The highest BCUT2D eigenvalue weighted by Crippen LogP contribution is 2.28. The van der Waals surface area contributed by atoms with Gasteiger partial charge >= 0.3 is 5.97 Å². The van der Waals surface area contributed by atoms with Crippen molar-refractivity contribution in [3.8, 4) is 11.3 Å². The molecule has 3 N–H and O–H groups in total. The number of hydrogen-bond acceptors (Lipinski definition) is 8. The third kappa shape index (κ3) is 7.26. The molecule has 0 atom stereocenters. The molecule has 3 rings (SSSR count). The molecule has 3 aromatic rings. The average Bonchev–Trinajstić information content (AvgIpc) is 3.26. The Morgan fingerprint density at radius 1 is 1.12 bits per heavy atom. The topological polar surface area (TPSA) is 152 Å². The van der Waals surface area contributed by atoms with E-state index >= 15 is 0 Å². The number of hydrogen-bond donors (Lipinski definition) is 3. The fourth-order valence-corrected chi connectivity index (χ4v) is 3.95. The summed E-state index contributed by atoms with van der Waals surface area (Å²) in [6.45, 7) is 0. The van der Waals surface area contributed by atoms with Crippen molar-refractivity contribution >= 4 is 57.4 Å². The summed E-state index contributed by atoms with van der Waals surface area (Å²) >= 11 is 2.50. The Balaban J connectivity index is 1.51. The first-order chi connectivity index (χ1) is 15.8. The lowest BCUT2D eigenvalue weighted by Gasteiger charge is -2.05. The molecule has 10 nitrogen and oxygen atoms in total. The number of carbonyl (C=O) groups excluding carboxylic acids is 2. The number of amides is 2. The zero-order valence-electron chi connectivity index (χ0n) is 16.8. The van der Waals surface area contributed by atoms with Gasteiger partial charge in [0.15, 0.2) is 5.13 Å². The summed E-state index contributed by atoms with van der Waals surface area (Å²) in [6, 6.07) is 12.8. The van der Waals surface area contributed by atoms with Crippen molar-refractivity contribution in [1.82, 2.24) is 4.98 Å². The quantitative estimate of drug-likeness (QED) is 0.178. The van der Waals surface area contributed by atoms with Crippen LogP contribution in [0.1, 0.15) is 0 Å². The van der Waals surface area contributed by atoms with Crippen molar-refractivity contribution in [3.05, 3.63) is 76.2 Å². The number of thioether (sulfide) groups is 1. The van der Waals surface area contributed by atoms with E-state index < -0.39 is 16.8 Å². The van der Waals surface area contributed by atoms with Crippen LogP contribution in [0.25, 0.3) is 11.3 Å². The van der Waals surface area contributed by atoms with Gasteiger partial charge in [-0.2, -0.15) is 0 Å². The number of carbonyl (C=O) groups is 3. The van der Waals surface area contributed by atoms with Crippen LogP contribution in [0.4, 0.5) is 16.5 Å². The Kier molecular flexibility index (Phi) is 7.89. The number of anilines is 2. The number of rotatable bonds is 9. The van der Waals surface area contributed by atoms with Crippen molar-refractivity contribution in [2.75, 3.05) is 16.4 Å². The van der Waals surface area contributed by atoms with E-state index in [2.05, 4.69) is 15.6 Å². The van der Waals surface area contributed by atoms with Crippen LogP contribution in [0.2, 0.25) is 0 Å². The molecule has 1 heterocycles. The molecule has 2 aromatic carbocycles. The lowest BCUT2D eigenvalue weighted by atomic mass is 10.1. The van der Waals surface area contributed by atoms with Crippen molar-refractivity contribution in [1.29, 1.82) is 0 Å². The highest BCUT2D eigenvalue weighted by atomic mass is 32.2. The summed E-state index contributed by atoms with van der Waals surface area (Å²) in [5.74, 6) is -1.92. The molecule has 0 saturated carbocycles. The molecule has 33 heavy (non-hydrogen) atoms. The maximum Gasteiger partial charge on any atom is 0.328 e. The molecule has 0 radical (unpaired) electrons. The number of benzene rings is 2. The van der Waals surface area contributed by atoms with Gasteiger partial charge < -0.3 is 15.7 Å². The van der Waals surface area contributed by atoms with E-state index in [4.69, 9.17) is 5.11 Å². The van der Waals surface area contributed by atoms with E-state index in [1.807, 2.05) is 0 Å². The molecule has 168 valence electrons.